The standard InChI is InChI=1S/C16H23N3O3S.2C2HF3O2/c20-16(19-5-1-2-6-22-19)13-9-18(11-15-17-4-8-23-15)10-14-12(13)3-7-21-14;2*3-2(4,5)1(6)7/h4,8,12-14H,1-3,5-7,9-11H2;2*(H,6,7)/t12-,13-,14+;;/m0../s1. The summed E-state index contributed by atoms with van der Waals surface area (Å²) in [5, 5.41) is 19.0. The molecule has 0 aromatic carbocycles. The molecule has 1 aromatic heterocycles. The van der Waals surface area contributed by atoms with E-state index < -0.39 is 24.3 Å². The molecule has 17 heteroatoms. The van der Waals surface area contributed by atoms with Gasteiger partial charge in [0.1, 0.15) is 5.01 Å². The lowest BCUT2D eigenvalue weighted by molar-refractivity contribution is -0.205. The highest BCUT2D eigenvalue weighted by Crippen LogP contribution is 2.35. The van der Waals surface area contributed by atoms with Gasteiger partial charge < -0.3 is 14.9 Å². The number of aliphatic carboxylic acids is 2. The van der Waals surface area contributed by atoms with Crippen molar-refractivity contribution >= 4 is 29.2 Å². The van der Waals surface area contributed by atoms with E-state index in [1.165, 1.54) is 0 Å². The van der Waals surface area contributed by atoms with Gasteiger partial charge in [0.15, 0.2) is 0 Å². The molecule has 0 spiro atoms. The first-order chi connectivity index (χ1) is 17.2. The second-order valence-electron chi connectivity index (χ2n) is 8.17. The summed E-state index contributed by atoms with van der Waals surface area (Å²) in [5.41, 5.74) is 0. The molecule has 210 valence electrons. The van der Waals surface area contributed by atoms with Gasteiger partial charge in [-0.25, -0.2) is 19.6 Å². The number of carboxylic acids is 2. The number of aromatic nitrogens is 1. The van der Waals surface area contributed by atoms with Gasteiger partial charge in [-0.2, -0.15) is 26.3 Å². The fourth-order valence-electron chi connectivity index (χ4n) is 3.92. The maximum atomic E-state index is 12.9. The summed E-state index contributed by atoms with van der Waals surface area (Å²) in [7, 11) is 0. The summed E-state index contributed by atoms with van der Waals surface area (Å²) in [6, 6.07) is 0. The van der Waals surface area contributed by atoms with Crippen LogP contribution in [0.25, 0.3) is 0 Å². The number of alkyl halides is 6. The van der Waals surface area contributed by atoms with E-state index >= 15 is 0 Å². The predicted molar refractivity (Wildman–Crippen MR) is 113 cm³/mol. The number of carbonyl (C=O) groups is 3. The maximum Gasteiger partial charge on any atom is 0.490 e. The lowest BCUT2D eigenvalue weighted by Gasteiger charge is -2.41. The van der Waals surface area contributed by atoms with E-state index in [1.54, 1.807) is 16.4 Å². The number of rotatable bonds is 3. The Kier molecular flexibility index (Phi) is 11.1. The Morgan fingerprint density at radius 3 is 2.14 bits per heavy atom. The van der Waals surface area contributed by atoms with Crippen LogP contribution in [0.4, 0.5) is 26.3 Å². The third-order valence-corrected chi connectivity index (χ3v) is 6.33. The predicted octanol–water partition coefficient (Wildman–Crippen LogP) is 2.80. The van der Waals surface area contributed by atoms with Crippen LogP contribution >= 0.6 is 11.3 Å². The van der Waals surface area contributed by atoms with E-state index in [1.807, 2.05) is 11.6 Å². The molecule has 10 nitrogen and oxygen atoms in total. The quantitative estimate of drug-likeness (QED) is 0.532. The van der Waals surface area contributed by atoms with Crippen LogP contribution in [0, 0.1) is 11.8 Å². The molecule has 3 fully saturated rings. The molecule has 4 heterocycles. The third kappa shape index (κ3) is 9.71. The number of hydrogen-bond donors (Lipinski definition) is 2. The number of hydroxylamine groups is 2. The highest BCUT2D eigenvalue weighted by atomic mass is 32.1. The molecule has 0 bridgehead atoms. The van der Waals surface area contributed by atoms with E-state index in [0.717, 1.165) is 57.1 Å². The summed E-state index contributed by atoms with van der Waals surface area (Å²) in [5.74, 6) is -5.05. The van der Waals surface area contributed by atoms with Gasteiger partial charge in [-0.05, 0) is 19.3 Å². The van der Waals surface area contributed by atoms with Crippen LogP contribution in [0.2, 0.25) is 0 Å². The van der Waals surface area contributed by atoms with Crippen LogP contribution in [-0.2, 0) is 30.5 Å². The zero-order valence-electron chi connectivity index (χ0n) is 19.2. The number of carboxylic acid groups (broad SMARTS) is 2. The fourth-order valence-corrected chi connectivity index (χ4v) is 4.58. The molecule has 3 saturated heterocycles. The number of hydrogen-bond acceptors (Lipinski definition) is 8. The number of likely N-dealkylation sites (tertiary alicyclic amines) is 1. The SMILES string of the molecule is O=C(O)C(F)(F)F.O=C(O)C(F)(F)F.O=C([C@H]1CN(Cc2nccs2)C[C@H]2OCC[C@@H]12)N1CCCCO1. The molecule has 1 amide bonds. The van der Waals surface area contributed by atoms with Crippen molar-refractivity contribution in [3.8, 4) is 0 Å². The van der Waals surface area contributed by atoms with E-state index in [4.69, 9.17) is 29.4 Å². The number of thiazole rings is 1. The van der Waals surface area contributed by atoms with Crippen molar-refractivity contribution in [1.82, 2.24) is 14.9 Å². The zero-order chi connectivity index (χ0) is 27.8. The Labute approximate surface area is 210 Å². The number of fused-ring (bicyclic) bond motifs is 1. The van der Waals surface area contributed by atoms with Gasteiger partial charge in [-0.1, -0.05) is 0 Å². The zero-order valence-corrected chi connectivity index (χ0v) is 20.0. The molecule has 0 saturated carbocycles. The minimum atomic E-state index is -5.08. The molecular formula is C20H25F6N3O7S. The Hall–Kier alpha value is -2.50. The molecule has 3 atom stereocenters. The topological polar surface area (TPSA) is 129 Å². The number of ether oxygens (including phenoxy) is 1. The van der Waals surface area contributed by atoms with Crippen LogP contribution in [0.1, 0.15) is 24.3 Å². The van der Waals surface area contributed by atoms with E-state index in [2.05, 4.69) is 9.88 Å². The molecule has 37 heavy (non-hydrogen) atoms. The van der Waals surface area contributed by atoms with Crippen LogP contribution in [0.5, 0.6) is 0 Å². The van der Waals surface area contributed by atoms with Crippen LogP contribution in [-0.4, -0.2) is 94.3 Å². The highest BCUT2D eigenvalue weighted by Gasteiger charge is 2.45. The van der Waals surface area contributed by atoms with Gasteiger partial charge in [-0.3, -0.25) is 14.5 Å². The smallest absolute Gasteiger partial charge is 0.475 e. The Balaban J connectivity index is 0.000000286. The molecule has 1 aromatic rings. The Morgan fingerprint density at radius 1 is 1.03 bits per heavy atom. The van der Waals surface area contributed by atoms with Crippen molar-refractivity contribution in [2.45, 2.75) is 44.3 Å². The van der Waals surface area contributed by atoms with Gasteiger partial charge in [-0.15, -0.1) is 11.3 Å². The monoisotopic (exact) mass is 565 g/mol. The first-order valence-corrected chi connectivity index (χ1v) is 11.8. The molecular weight excluding hydrogens is 540 g/mol. The molecule has 0 radical (unpaired) electrons. The Bertz CT molecular complexity index is 870. The lowest BCUT2D eigenvalue weighted by atomic mass is 9.82. The normalized spacial score (nSPS) is 24.2. The summed E-state index contributed by atoms with van der Waals surface area (Å²) in [6.07, 6.45) is -5.10. The largest absolute Gasteiger partial charge is 0.490 e. The van der Waals surface area contributed by atoms with Crippen molar-refractivity contribution in [3.63, 3.8) is 0 Å². The van der Waals surface area contributed by atoms with Crippen molar-refractivity contribution in [2.75, 3.05) is 32.8 Å². The fraction of sp³-hybridized carbons (Fsp3) is 0.700. The summed E-state index contributed by atoms with van der Waals surface area (Å²) >= 11 is 1.67. The first-order valence-electron chi connectivity index (χ1n) is 11.0. The third-order valence-electron chi connectivity index (χ3n) is 5.56. The van der Waals surface area contributed by atoms with Crippen molar-refractivity contribution in [1.29, 1.82) is 0 Å². The summed E-state index contributed by atoms with van der Waals surface area (Å²) < 4.78 is 69.4. The number of amides is 1. The molecule has 0 unspecified atom stereocenters. The average Bonchev–Trinajstić information content (AvgIpc) is 3.50. The van der Waals surface area contributed by atoms with E-state index in [-0.39, 0.29) is 17.9 Å². The molecule has 2 N–H and O–H groups in total. The van der Waals surface area contributed by atoms with Crippen molar-refractivity contribution in [2.24, 2.45) is 11.8 Å². The number of carbonyl (C=O) groups excluding carboxylic acids is 1. The highest BCUT2D eigenvalue weighted by molar-refractivity contribution is 7.09. The van der Waals surface area contributed by atoms with Crippen molar-refractivity contribution < 1.29 is 60.5 Å². The molecule has 4 rings (SSSR count). The number of piperidine rings is 1. The minimum Gasteiger partial charge on any atom is -0.475 e. The second kappa shape index (κ2) is 13.3. The van der Waals surface area contributed by atoms with Gasteiger partial charge in [0.05, 0.1) is 25.2 Å². The second-order valence-corrected chi connectivity index (χ2v) is 9.15. The van der Waals surface area contributed by atoms with Gasteiger partial charge >= 0.3 is 24.3 Å². The number of halogens is 6. The van der Waals surface area contributed by atoms with E-state index in [0.29, 0.717) is 12.5 Å². The lowest BCUT2D eigenvalue weighted by Crippen LogP contribution is -2.53. The summed E-state index contributed by atoms with van der Waals surface area (Å²) in [4.78, 5) is 43.0. The molecule has 0 aliphatic carbocycles. The number of nitrogens with zero attached hydrogens (tertiary/aromatic N) is 3. The Morgan fingerprint density at radius 2 is 1.65 bits per heavy atom. The van der Waals surface area contributed by atoms with Crippen LogP contribution < -0.4 is 0 Å². The minimum absolute atomic E-state index is 0.0192. The van der Waals surface area contributed by atoms with Gasteiger partial charge in [0.25, 0.3) is 5.91 Å². The average molecular weight is 565 g/mol. The van der Waals surface area contributed by atoms with E-state index in [9.17, 15) is 31.1 Å². The summed E-state index contributed by atoms with van der Waals surface area (Å²) in [6.45, 7) is 4.63. The van der Waals surface area contributed by atoms with Gasteiger partial charge in [0.2, 0.25) is 0 Å². The van der Waals surface area contributed by atoms with Crippen LogP contribution in [0.15, 0.2) is 11.6 Å². The maximum absolute atomic E-state index is 12.9. The van der Waals surface area contributed by atoms with Crippen molar-refractivity contribution in [3.05, 3.63) is 16.6 Å². The van der Waals surface area contributed by atoms with Gasteiger partial charge in [0, 0.05) is 43.7 Å². The molecule has 3 aliphatic rings. The van der Waals surface area contributed by atoms with Crippen LogP contribution in [0.3, 0.4) is 0 Å². The molecule has 3 aliphatic heterocycles. The first kappa shape index (κ1) is 30.7.